The molecule has 4 aliphatic rings. The lowest BCUT2D eigenvalue weighted by Crippen LogP contribution is -2.58. The van der Waals surface area contributed by atoms with Gasteiger partial charge in [0.15, 0.2) is 0 Å². The fourth-order valence-corrected chi connectivity index (χ4v) is 7.04. The largest absolute Gasteiger partial charge is 0.273 e. The normalized spacial score (nSPS) is 31.3. The SMILES string of the molecule is C[C@H](NS(=O)(=O)c1ccccc1F)C(=O)NNC(=O)C12CC3CC(CC(C3)C1)C2. The highest BCUT2D eigenvalue weighted by molar-refractivity contribution is 7.89. The van der Waals surface area contributed by atoms with Gasteiger partial charge >= 0.3 is 0 Å². The second-order valence-corrected chi connectivity index (χ2v) is 10.6. The summed E-state index contributed by atoms with van der Waals surface area (Å²) in [5, 5.41) is 0. The predicted molar refractivity (Wildman–Crippen MR) is 103 cm³/mol. The molecule has 0 aromatic heterocycles. The molecule has 9 heteroatoms. The Balaban J connectivity index is 1.35. The van der Waals surface area contributed by atoms with Gasteiger partial charge in [0.2, 0.25) is 15.9 Å². The van der Waals surface area contributed by atoms with Gasteiger partial charge in [-0.1, -0.05) is 12.1 Å². The maximum atomic E-state index is 13.8. The Morgan fingerprint density at radius 3 is 2.14 bits per heavy atom. The highest BCUT2D eigenvalue weighted by Gasteiger charge is 2.54. The van der Waals surface area contributed by atoms with Crippen molar-refractivity contribution in [1.82, 2.24) is 15.6 Å². The monoisotopic (exact) mass is 423 g/mol. The van der Waals surface area contributed by atoms with E-state index in [1.54, 1.807) is 0 Å². The van der Waals surface area contributed by atoms with Crippen molar-refractivity contribution in [3.8, 4) is 0 Å². The van der Waals surface area contributed by atoms with E-state index in [9.17, 15) is 22.4 Å². The lowest BCUT2D eigenvalue weighted by molar-refractivity contribution is -0.149. The van der Waals surface area contributed by atoms with Gasteiger partial charge in [-0.25, -0.2) is 12.8 Å². The van der Waals surface area contributed by atoms with Crippen LogP contribution in [0.2, 0.25) is 0 Å². The molecule has 0 aliphatic heterocycles. The molecule has 4 bridgehead atoms. The Labute approximate surface area is 169 Å². The third kappa shape index (κ3) is 3.90. The minimum atomic E-state index is -4.21. The number of benzene rings is 1. The van der Waals surface area contributed by atoms with Crippen LogP contribution in [-0.4, -0.2) is 26.3 Å². The molecule has 0 unspecified atom stereocenters. The highest BCUT2D eigenvalue weighted by atomic mass is 32.2. The summed E-state index contributed by atoms with van der Waals surface area (Å²) in [4.78, 5) is 24.7. The van der Waals surface area contributed by atoms with Gasteiger partial charge in [-0.2, -0.15) is 4.72 Å². The predicted octanol–water partition coefficient (Wildman–Crippen LogP) is 1.86. The number of nitrogens with one attached hydrogen (secondary N) is 3. The minimum absolute atomic E-state index is 0.186. The molecule has 158 valence electrons. The van der Waals surface area contributed by atoms with Gasteiger partial charge in [0, 0.05) is 0 Å². The van der Waals surface area contributed by atoms with Crippen LogP contribution in [0.4, 0.5) is 4.39 Å². The molecule has 3 N–H and O–H groups in total. The fraction of sp³-hybridized carbons (Fsp3) is 0.600. The number of hydrogen-bond donors (Lipinski definition) is 3. The van der Waals surface area contributed by atoms with Crippen LogP contribution in [0.5, 0.6) is 0 Å². The van der Waals surface area contributed by atoms with Crippen molar-refractivity contribution >= 4 is 21.8 Å². The number of carbonyl (C=O) groups excluding carboxylic acids is 2. The Morgan fingerprint density at radius 2 is 1.59 bits per heavy atom. The molecule has 29 heavy (non-hydrogen) atoms. The molecule has 4 aliphatic carbocycles. The first-order valence-electron chi connectivity index (χ1n) is 10.1. The topological polar surface area (TPSA) is 104 Å². The van der Waals surface area contributed by atoms with E-state index >= 15 is 0 Å². The zero-order chi connectivity index (χ0) is 20.8. The van der Waals surface area contributed by atoms with E-state index in [2.05, 4.69) is 15.6 Å². The van der Waals surface area contributed by atoms with Crippen LogP contribution >= 0.6 is 0 Å². The Hall–Kier alpha value is -2.00. The van der Waals surface area contributed by atoms with Gasteiger partial charge < -0.3 is 0 Å². The smallest absolute Gasteiger partial charge is 0.256 e. The summed E-state index contributed by atoms with van der Waals surface area (Å²) >= 11 is 0. The third-order valence-electron chi connectivity index (χ3n) is 6.67. The Bertz CT molecular complexity index is 898. The van der Waals surface area contributed by atoms with E-state index in [4.69, 9.17) is 0 Å². The maximum Gasteiger partial charge on any atom is 0.256 e. The second-order valence-electron chi connectivity index (χ2n) is 8.91. The Morgan fingerprint density at radius 1 is 1.03 bits per heavy atom. The van der Waals surface area contributed by atoms with Crippen molar-refractivity contribution in [1.29, 1.82) is 0 Å². The summed E-state index contributed by atoms with van der Waals surface area (Å²) in [5.41, 5.74) is 4.43. The lowest BCUT2D eigenvalue weighted by atomic mass is 9.49. The summed E-state index contributed by atoms with van der Waals surface area (Å²) in [7, 11) is -4.21. The van der Waals surface area contributed by atoms with Gasteiger partial charge in [0.25, 0.3) is 5.91 Å². The van der Waals surface area contributed by atoms with E-state index in [1.165, 1.54) is 38.3 Å². The number of carbonyl (C=O) groups is 2. The third-order valence-corrected chi connectivity index (χ3v) is 8.24. The summed E-state index contributed by atoms with van der Waals surface area (Å²) in [6.07, 6.45) is 6.18. The van der Waals surface area contributed by atoms with Gasteiger partial charge in [-0.05, 0) is 75.3 Å². The molecule has 5 rings (SSSR count). The van der Waals surface area contributed by atoms with E-state index in [0.717, 1.165) is 31.4 Å². The summed E-state index contributed by atoms with van der Waals surface area (Å²) in [5.74, 6) is -0.0163. The number of rotatable bonds is 5. The standard InChI is InChI=1S/C20H26FN3O4S/c1-12(24-29(27,28)17-5-3-2-4-16(17)21)18(25)22-23-19(26)20-9-13-6-14(10-20)8-15(7-13)11-20/h2-5,12-15,24H,6-11H2,1H3,(H,22,25)(H,23,26)/t12-,13?,14?,15?,20?/m0/s1. The number of hydrogen-bond acceptors (Lipinski definition) is 4. The molecule has 4 fully saturated rings. The highest BCUT2D eigenvalue weighted by Crippen LogP contribution is 2.60. The number of halogens is 1. The van der Waals surface area contributed by atoms with Crippen LogP contribution in [0.25, 0.3) is 0 Å². The van der Waals surface area contributed by atoms with E-state index < -0.39 is 38.1 Å². The molecule has 1 aromatic rings. The van der Waals surface area contributed by atoms with E-state index in [0.29, 0.717) is 17.8 Å². The molecule has 1 atom stereocenters. The number of amides is 2. The maximum absolute atomic E-state index is 13.8. The van der Waals surface area contributed by atoms with Gasteiger partial charge in [-0.15, -0.1) is 0 Å². The molecule has 7 nitrogen and oxygen atoms in total. The Kier molecular flexibility index (Phi) is 5.14. The first-order chi connectivity index (χ1) is 13.7. The average molecular weight is 424 g/mol. The van der Waals surface area contributed by atoms with Crippen molar-refractivity contribution < 1.29 is 22.4 Å². The van der Waals surface area contributed by atoms with Crippen LogP contribution in [0.1, 0.15) is 45.4 Å². The molecule has 2 amide bonds. The summed E-state index contributed by atoms with van der Waals surface area (Å²) in [6, 6.07) is 3.75. The van der Waals surface area contributed by atoms with Crippen molar-refractivity contribution in [2.24, 2.45) is 23.2 Å². The number of sulfonamides is 1. The number of hydrazine groups is 1. The first kappa shape index (κ1) is 20.3. The van der Waals surface area contributed by atoms with Gasteiger partial charge in [0.1, 0.15) is 10.7 Å². The van der Waals surface area contributed by atoms with Crippen molar-refractivity contribution in [3.63, 3.8) is 0 Å². The van der Waals surface area contributed by atoms with Crippen molar-refractivity contribution in [2.75, 3.05) is 0 Å². The lowest BCUT2D eigenvalue weighted by Gasteiger charge is -2.55. The average Bonchev–Trinajstić information content (AvgIpc) is 2.64. The molecular formula is C20H26FN3O4S. The molecule has 0 spiro atoms. The zero-order valence-corrected chi connectivity index (χ0v) is 17.1. The zero-order valence-electron chi connectivity index (χ0n) is 16.3. The van der Waals surface area contributed by atoms with Crippen molar-refractivity contribution in [2.45, 2.75) is 56.4 Å². The van der Waals surface area contributed by atoms with Crippen LogP contribution in [0, 0.1) is 29.0 Å². The summed E-state index contributed by atoms with van der Waals surface area (Å²) in [6.45, 7) is 1.34. The molecule has 0 radical (unpaired) electrons. The molecule has 0 saturated heterocycles. The first-order valence-corrected chi connectivity index (χ1v) is 11.5. The van der Waals surface area contributed by atoms with E-state index in [-0.39, 0.29) is 5.91 Å². The quantitative estimate of drug-likeness (QED) is 0.629. The van der Waals surface area contributed by atoms with Crippen LogP contribution in [0.15, 0.2) is 29.2 Å². The van der Waals surface area contributed by atoms with Crippen LogP contribution < -0.4 is 15.6 Å². The molecular weight excluding hydrogens is 397 g/mol. The van der Waals surface area contributed by atoms with Crippen LogP contribution in [-0.2, 0) is 19.6 Å². The molecule has 0 heterocycles. The van der Waals surface area contributed by atoms with Gasteiger partial charge in [0.05, 0.1) is 11.5 Å². The fourth-order valence-electron chi connectivity index (χ4n) is 5.76. The molecule has 4 saturated carbocycles. The van der Waals surface area contributed by atoms with Gasteiger partial charge in [-0.3, -0.25) is 20.4 Å². The summed E-state index contributed by atoms with van der Waals surface area (Å²) < 4.78 is 40.5. The second kappa shape index (κ2) is 7.36. The molecule has 1 aromatic carbocycles. The minimum Gasteiger partial charge on any atom is -0.273 e. The van der Waals surface area contributed by atoms with Crippen molar-refractivity contribution in [3.05, 3.63) is 30.1 Å². The van der Waals surface area contributed by atoms with E-state index in [1.807, 2.05) is 0 Å². The van der Waals surface area contributed by atoms with Crippen LogP contribution in [0.3, 0.4) is 0 Å².